The van der Waals surface area contributed by atoms with Gasteiger partial charge >= 0.3 is 107 Å². The highest BCUT2D eigenvalue weighted by Gasteiger charge is 2.47. The number of rotatable bonds is 18. The van der Waals surface area contributed by atoms with Crippen LogP contribution in [0.15, 0.2) is 0 Å². The third kappa shape index (κ3) is 65.9. The average molecular weight is 2190 g/mol. The van der Waals surface area contributed by atoms with Crippen molar-refractivity contribution in [1.29, 1.82) is 0 Å². The number of carbonyl (C=O) groups excluding carboxylic acids is 9. The first-order chi connectivity index (χ1) is 69.9. The molecule has 21 fully saturated rings. The normalized spacial score (nSPS) is 27.1. The number of halogens is 18. The number of fused-ring (bicyclic) bond motifs is 6. The minimum atomic E-state index is -3.35. The minimum Gasteiger partial charge on any atom is -0.465 e. The van der Waals surface area contributed by atoms with Gasteiger partial charge in [0.1, 0.15) is 0 Å². The van der Waals surface area contributed by atoms with Gasteiger partial charge in [0.2, 0.25) is 0 Å². The molecular formula is C114H192F18O18. The number of methoxy groups -OCH3 is 3. The fourth-order valence-corrected chi connectivity index (χ4v) is 23.9. The zero-order valence-electron chi connectivity index (χ0n) is 94.0. The van der Waals surface area contributed by atoms with Gasteiger partial charge in [-0.05, 0) is 281 Å². The molecule has 21 saturated carbocycles. The lowest BCUT2D eigenvalue weighted by atomic mass is 9.56. The first-order valence-electron chi connectivity index (χ1n) is 56.6. The van der Waals surface area contributed by atoms with Crippen LogP contribution in [-0.4, -0.2) is 168 Å². The Balaban J connectivity index is 0.000000796. The van der Waals surface area contributed by atoms with Crippen molar-refractivity contribution in [3.63, 3.8) is 0 Å². The van der Waals surface area contributed by atoms with Crippen LogP contribution in [0.25, 0.3) is 0 Å². The number of carbonyl (C=O) groups is 9. The van der Waals surface area contributed by atoms with Crippen molar-refractivity contribution < 1.29 is 165 Å². The number of alkyl halides is 18. The molecule has 36 heteroatoms. The SMILES string of the molecule is C1C2CC3CC1CC(C2)C3.C1C2CC3CC1CC(C2)C3.C1C2CC3CC1CC(C2)C3.C1CC2CCC1C2.C1CC2CCC1C2.C1CC2CCC1C2.C1CCCCC1.C1CCCCC1.C1CCCCC1.CCCOC(=O)C(C)(F)F.CCCOC(=O)C(C)(F)F.CCCOC(=O)C(C)(F)F.CCOC(=O)C(C)(F)F.CCOC(=O)C(C)(F)F.CCOC(=O)C(C)(F)F.COC(=O)C(C)(F)F.COC(=O)C(C)(F)F.COC(=O)C(C)(F)F. The van der Waals surface area contributed by atoms with E-state index in [1.807, 2.05) is 0 Å². The first-order valence-corrected chi connectivity index (χ1v) is 56.6. The highest BCUT2D eigenvalue weighted by molar-refractivity contribution is 5.80. The van der Waals surface area contributed by atoms with E-state index in [0.717, 1.165) is 21.3 Å². The average Bonchev–Trinajstić information content (AvgIpc) is 0.824. The molecular weight excluding hydrogens is 2000 g/mol. The van der Waals surface area contributed by atoms with Crippen molar-refractivity contribution in [3.8, 4) is 0 Å². The van der Waals surface area contributed by atoms with E-state index in [9.17, 15) is 122 Å². The summed E-state index contributed by atoms with van der Waals surface area (Å²) in [6.07, 6.45) is 81.0. The molecule has 0 amide bonds. The van der Waals surface area contributed by atoms with E-state index in [0.29, 0.717) is 81.6 Å². The van der Waals surface area contributed by atoms with Crippen LogP contribution in [0, 0.1) is 107 Å². The quantitative estimate of drug-likeness (QED) is 0.0704. The van der Waals surface area contributed by atoms with Gasteiger partial charge in [0.15, 0.2) is 0 Å². The lowest BCUT2D eigenvalue weighted by Gasteiger charge is -2.49. The predicted molar refractivity (Wildman–Crippen MR) is 544 cm³/mol. The standard InChI is InChI=1S/3C10H16.3C7H12.3C6H10F2O2.3C6H12.3C5H8F2O2.3C4H6F2O2/c3*1-7-2-9-4-8(1)5-10(3-7)6-9;3*1-2-7-4-3-6(1)5-7;3*1-3-4-10-5(9)6(2,7)8;3*1-2-4-6-5-3-1;3*1-3-9-4(8)5(2,6)7;3*1-4(5,6)3(7)8-2/h3*7-10H,1-6H2;3*6-7H,1-5H2;3*3-4H2,1-2H3;3*1-6H2;3*3H2,1-2H3;3*1-2H3. The van der Waals surface area contributed by atoms with Crippen LogP contribution in [0.4, 0.5) is 79.0 Å². The van der Waals surface area contributed by atoms with E-state index in [-0.39, 0.29) is 39.6 Å². The molecule has 0 aromatic rings. The van der Waals surface area contributed by atoms with Gasteiger partial charge in [-0.1, -0.05) is 213 Å². The molecule has 21 aliphatic carbocycles. The van der Waals surface area contributed by atoms with Crippen LogP contribution in [0.2, 0.25) is 0 Å². The second-order valence-electron chi connectivity index (χ2n) is 45.4. The topological polar surface area (TPSA) is 237 Å². The Morgan fingerprint density at radius 2 is 0.260 bits per heavy atom. The van der Waals surface area contributed by atoms with Crippen LogP contribution < -0.4 is 0 Å². The van der Waals surface area contributed by atoms with E-state index >= 15 is 0 Å². The van der Waals surface area contributed by atoms with Crippen molar-refractivity contribution in [2.24, 2.45) is 107 Å². The molecule has 21 aliphatic rings. The lowest BCUT2D eigenvalue weighted by Crippen LogP contribution is -2.38. The molecule has 0 aromatic carbocycles. The molecule has 0 unspecified atom stereocenters. The second kappa shape index (κ2) is 73.5. The van der Waals surface area contributed by atoms with Gasteiger partial charge in [-0.15, -0.1) is 0 Å². The highest BCUT2D eigenvalue weighted by atomic mass is 19.3. The summed E-state index contributed by atoms with van der Waals surface area (Å²) in [5.41, 5.74) is 0. The molecule has 18 bridgehead atoms. The summed E-state index contributed by atoms with van der Waals surface area (Å²) in [6.45, 7) is 14.3. The molecule has 0 aliphatic heterocycles. The molecule has 0 heterocycles. The van der Waals surface area contributed by atoms with Gasteiger partial charge in [-0.25, -0.2) is 43.2 Å². The summed E-state index contributed by atoms with van der Waals surface area (Å²) in [5.74, 6) is -22.3. The number of esters is 9. The molecule has 882 valence electrons. The maximum Gasteiger partial charge on any atom is 0.376 e. The van der Waals surface area contributed by atoms with Crippen LogP contribution in [0.1, 0.15) is 451 Å². The third-order valence-electron chi connectivity index (χ3n) is 30.3. The van der Waals surface area contributed by atoms with Crippen LogP contribution in [-0.2, 0) is 85.8 Å². The van der Waals surface area contributed by atoms with E-state index in [1.54, 1.807) is 233 Å². The summed E-state index contributed by atoms with van der Waals surface area (Å²) in [4.78, 5) is 90.6. The summed E-state index contributed by atoms with van der Waals surface area (Å²) < 4.78 is 248. The Morgan fingerprint density at radius 3 is 0.313 bits per heavy atom. The van der Waals surface area contributed by atoms with Gasteiger partial charge in [-0.3, -0.25) is 0 Å². The fraction of sp³-hybridized carbons (Fsp3) is 0.921. The molecule has 18 nitrogen and oxygen atoms in total. The monoisotopic (exact) mass is 2190 g/mol. The van der Waals surface area contributed by atoms with Gasteiger partial charge in [-0.2, -0.15) is 79.0 Å². The second-order valence-corrected chi connectivity index (χ2v) is 45.4. The maximum atomic E-state index is 12.0. The smallest absolute Gasteiger partial charge is 0.376 e. The number of ether oxygens (including phenoxy) is 9. The summed E-state index contributed by atoms with van der Waals surface area (Å²) in [5, 5.41) is 0. The van der Waals surface area contributed by atoms with Crippen molar-refractivity contribution >= 4 is 53.7 Å². The van der Waals surface area contributed by atoms with E-state index < -0.39 is 107 Å². The Morgan fingerprint density at radius 1 is 0.167 bits per heavy atom. The number of hydrogen-bond donors (Lipinski definition) is 0. The zero-order chi connectivity index (χ0) is 114. The third-order valence-corrected chi connectivity index (χ3v) is 30.3. The fourth-order valence-electron chi connectivity index (χ4n) is 23.9. The molecule has 0 spiro atoms. The molecule has 0 N–H and O–H groups in total. The van der Waals surface area contributed by atoms with E-state index in [2.05, 4.69) is 42.6 Å². The maximum absolute atomic E-state index is 12.0. The largest absolute Gasteiger partial charge is 0.465 e. The van der Waals surface area contributed by atoms with Crippen LogP contribution >= 0.6 is 0 Å². The minimum absolute atomic E-state index is 0.0116. The highest BCUT2D eigenvalue weighted by Crippen LogP contribution is 2.56. The van der Waals surface area contributed by atoms with Crippen molar-refractivity contribution in [3.05, 3.63) is 0 Å². The van der Waals surface area contributed by atoms with Crippen LogP contribution in [0.5, 0.6) is 0 Å². The number of hydrogen-bond acceptors (Lipinski definition) is 18. The van der Waals surface area contributed by atoms with E-state index in [1.165, 1.54) is 243 Å². The molecule has 0 aromatic heterocycles. The lowest BCUT2D eigenvalue weighted by molar-refractivity contribution is -0.169. The Bertz CT molecular complexity index is 3020. The molecule has 0 atom stereocenters. The van der Waals surface area contributed by atoms with Gasteiger partial charge in [0, 0.05) is 62.3 Å². The van der Waals surface area contributed by atoms with Crippen molar-refractivity contribution in [2.75, 3.05) is 61.0 Å². The van der Waals surface area contributed by atoms with Crippen LogP contribution in [0.3, 0.4) is 0 Å². The zero-order valence-corrected chi connectivity index (χ0v) is 94.0. The predicted octanol–water partition coefficient (Wildman–Crippen LogP) is 33.0. The summed E-state index contributed by atoms with van der Waals surface area (Å²) in [7, 11) is 2.75. The molecule has 150 heavy (non-hydrogen) atoms. The van der Waals surface area contributed by atoms with Gasteiger partial charge in [0.05, 0.1) is 61.0 Å². The summed E-state index contributed by atoms with van der Waals surface area (Å²) >= 11 is 0. The molecule has 0 saturated heterocycles. The molecule has 21 rings (SSSR count). The van der Waals surface area contributed by atoms with Gasteiger partial charge in [0.25, 0.3) is 0 Å². The van der Waals surface area contributed by atoms with E-state index in [4.69, 9.17) is 0 Å². The van der Waals surface area contributed by atoms with Crippen molar-refractivity contribution in [2.45, 2.75) is 504 Å². The first kappa shape index (κ1) is 142. The molecule has 0 radical (unpaired) electrons. The Kier molecular flexibility index (Phi) is 69.6. The van der Waals surface area contributed by atoms with Crippen molar-refractivity contribution in [1.82, 2.24) is 0 Å². The van der Waals surface area contributed by atoms with Gasteiger partial charge < -0.3 is 42.6 Å². The summed E-state index contributed by atoms with van der Waals surface area (Å²) in [6, 6.07) is 0. The Labute approximate surface area is 885 Å². The Hall–Kier alpha value is -6.03.